The van der Waals surface area contributed by atoms with E-state index in [1.807, 2.05) is 0 Å². The third-order valence-electron chi connectivity index (χ3n) is 7.81. The van der Waals surface area contributed by atoms with Crippen molar-refractivity contribution >= 4 is 11.9 Å². The minimum atomic E-state index is -0.766. The Morgan fingerprint density at radius 3 is 1.34 bits per heavy atom. The van der Waals surface area contributed by atoms with Gasteiger partial charge in [0.25, 0.3) is 0 Å². The molecule has 41 heavy (non-hydrogen) atoms. The van der Waals surface area contributed by atoms with Gasteiger partial charge < -0.3 is 14.6 Å². The van der Waals surface area contributed by atoms with Crippen LogP contribution in [0.25, 0.3) is 0 Å². The summed E-state index contributed by atoms with van der Waals surface area (Å²) < 4.78 is 10.6. The van der Waals surface area contributed by atoms with Gasteiger partial charge in [-0.1, -0.05) is 148 Å². The average molecular weight is 581 g/mol. The van der Waals surface area contributed by atoms with E-state index in [9.17, 15) is 14.7 Å². The van der Waals surface area contributed by atoms with Gasteiger partial charge in [-0.15, -0.1) is 0 Å². The van der Waals surface area contributed by atoms with Crippen molar-refractivity contribution in [2.45, 2.75) is 193 Å². The Hall–Kier alpha value is -1.36. The molecule has 242 valence electrons. The Morgan fingerprint density at radius 2 is 0.902 bits per heavy atom. The smallest absolute Gasteiger partial charge is 0.306 e. The zero-order valence-corrected chi connectivity index (χ0v) is 27.3. The number of allylic oxidation sites excluding steroid dienone is 2. The Bertz CT molecular complexity index is 589. The van der Waals surface area contributed by atoms with Crippen LogP contribution in [0.5, 0.6) is 0 Å². The van der Waals surface area contributed by atoms with E-state index in [4.69, 9.17) is 9.47 Å². The highest BCUT2D eigenvalue weighted by Gasteiger charge is 2.16. The summed E-state index contributed by atoms with van der Waals surface area (Å²) in [6, 6.07) is 0. The number of carbonyl (C=O) groups is 2. The van der Waals surface area contributed by atoms with Gasteiger partial charge in [0, 0.05) is 12.8 Å². The predicted molar refractivity (Wildman–Crippen MR) is 173 cm³/mol. The summed E-state index contributed by atoms with van der Waals surface area (Å²) in [6.45, 7) is 4.11. The molecule has 0 unspecified atom stereocenters. The molecule has 0 aliphatic heterocycles. The van der Waals surface area contributed by atoms with Crippen LogP contribution in [0, 0.1) is 0 Å². The van der Waals surface area contributed by atoms with Gasteiger partial charge in [0.05, 0.1) is 6.61 Å². The first-order chi connectivity index (χ1) is 20.1. The van der Waals surface area contributed by atoms with Crippen LogP contribution in [0.1, 0.15) is 187 Å². The van der Waals surface area contributed by atoms with Crippen LogP contribution < -0.4 is 0 Å². The third-order valence-corrected chi connectivity index (χ3v) is 7.81. The van der Waals surface area contributed by atoms with E-state index in [2.05, 4.69) is 26.0 Å². The normalized spacial score (nSPS) is 12.2. The fraction of sp³-hybridized carbons (Fsp3) is 0.889. The Labute approximate surface area is 254 Å². The fourth-order valence-electron chi connectivity index (χ4n) is 5.08. The van der Waals surface area contributed by atoms with Gasteiger partial charge in [0.2, 0.25) is 0 Å². The molecule has 1 atom stereocenters. The van der Waals surface area contributed by atoms with Crippen LogP contribution in [0.4, 0.5) is 0 Å². The summed E-state index contributed by atoms with van der Waals surface area (Å²) in [5.41, 5.74) is 0. The quantitative estimate of drug-likeness (QED) is 0.0487. The van der Waals surface area contributed by atoms with Crippen molar-refractivity contribution in [2.75, 3.05) is 13.2 Å². The summed E-state index contributed by atoms with van der Waals surface area (Å²) in [5.74, 6) is -0.595. The molecule has 0 amide bonds. The van der Waals surface area contributed by atoms with Gasteiger partial charge in [-0.2, -0.15) is 0 Å². The van der Waals surface area contributed by atoms with Crippen molar-refractivity contribution in [3.63, 3.8) is 0 Å². The summed E-state index contributed by atoms with van der Waals surface area (Å²) >= 11 is 0. The molecule has 0 aromatic carbocycles. The van der Waals surface area contributed by atoms with Gasteiger partial charge in [0.15, 0.2) is 6.10 Å². The van der Waals surface area contributed by atoms with E-state index in [1.165, 1.54) is 116 Å². The second kappa shape index (κ2) is 33.1. The lowest BCUT2D eigenvalue weighted by atomic mass is 10.0. The molecule has 0 bridgehead atoms. The molecule has 0 saturated heterocycles. The van der Waals surface area contributed by atoms with Gasteiger partial charge in [-0.05, 0) is 38.5 Å². The molecule has 0 aromatic rings. The number of ether oxygens (including phenoxy) is 2. The SMILES string of the molecule is CCCCCC/C=C\CCCCCCCC(=O)OC[C@H](CO)OC(=O)CCCCCCCCCCCCCCCC. The van der Waals surface area contributed by atoms with Crippen LogP contribution in [0.3, 0.4) is 0 Å². The van der Waals surface area contributed by atoms with E-state index in [0.717, 1.165) is 44.9 Å². The van der Waals surface area contributed by atoms with Crippen LogP contribution in [0.15, 0.2) is 12.2 Å². The number of aliphatic hydroxyl groups excluding tert-OH is 1. The largest absolute Gasteiger partial charge is 0.462 e. The number of rotatable bonds is 32. The van der Waals surface area contributed by atoms with Crippen LogP contribution >= 0.6 is 0 Å². The molecule has 0 spiro atoms. The van der Waals surface area contributed by atoms with Crippen molar-refractivity contribution in [3.8, 4) is 0 Å². The molecule has 5 heteroatoms. The first kappa shape index (κ1) is 39.6. The van der Waals surface area contributed by atoms with Crippen molar-refractivity contribution < 1.29 is 24.2 Å². The maximum atomic E-state index is 12.1. The summed E-state index contributed by atoms with van der Waals surface area (Å²) in [5, 5.41) is 9.51. The molecule has 0 saturated carbocycles. The molecule has 0 aliphatic rings. The lowest BCUT2D eigenvalue weighted by molar-refractivity contribution is -0.161. The molecular weight excluding hydrogens is 512 g/mol. The molecule has 0 fully saturated rings. The zero-order chi connectivity index (χ0) is 30.1. The second-order valence-corrected chi connectivity index (χ2v) is 12.0. The van der Waals surface area contributed by atoms with Gasteiger partial charge in [-0.25, -0.2) is 0 Å². The van der Waals surface area contributed by atoms with Crippen molar-refractivity contribution in [2.24, 2.45) is 0 Å². The Kier molecular flexibility index (Phi) is 32.0. The lowest BCUT2D eigenvalue weighted by Gasteiger charge is -2.15. The van der Waals surface area contributed by atoms with E-state index >= 15 is 0 Å². The molecule has 1 N–H and O–H groups in total. The number of esters is 2. The standard InChI is InChI=1S/C36H68O5/c1-3-5-7-9-11-13-15-17-19-21-23-25-27-29-31-36(39)41-34(32-37)33-40-35(38)30-28-26-24-22-20-18-16-14-12-10-8-6-4-2/h14,16,34,37H,3-13,15,17-33H2,1-2H3/b16-14-/t34-/m0/s1. The molecule has 0 rings (SSSR count). The highest BCUT2D eigenvalue weighted by atomic mass is 16.6. The first-order valence-corrected chi connectivity index (χ1v) is 17.7. The number of unbranched alkanes of at least 4 members (excludes halogenated alkanes) is 22. The molecule has 0 aliphatic carbocycles. The predicted octanol–water partition coefficient (Wildman–Crippen LogP) is 10.6. The van der Waals surface area contributed by atoms with Gasteiger partial charge >= 0.3 is 11.9 Å². The summed E-state index contributed by atoms with van der Waals surface area (Å²) in [7, 11) is 0. The minimum Gasteiger partial charge on any atom is -0.462 e. The summed E-state index contributed by atoms with van der Waals surface area (Å²) in [6.07, 6.45) is 35.5. The highest BCUT2D eigenvalue weighted by Crippen LogP contribution is 2.14. The number of aliphatic hydroxyl groups is 1. The Morgan fingerprint density at radius 1 is 0.537 bits per heavy atom. The lowest BCUT2D eigenvalue weighted by Crippen LogP contribution is -2.28. The number of hydrogen-bond donors (Lipinski definition) is 1. The van der Waals surface area contributed by atoms with Crippen LogP contribution in [0.2, 0.25) is 0 Å². The Balaban J connectivity index is 3.56. The second-order valence-electron chi connectivity index (χ2n) is 12.0. The molecule has 0 heterocycles. The third kappa shape index (κ3) is 31.4. The molecule has 5 nitrogen and oxygen atoms in total. The molecular formula is C36H68O5. The fourth-order valence-corrected chi connectivity index (χ4v) is 5.08. The maximum absolute atomic E-state index is 12.1. The van der Waals surface area contributed by atoms with E-state index in [0.29, 0.717) is 12.8 Å². The summed E-state index contributed by atoms with van der Waals surface area (Å²) in [4.78, 5) is 24.1. The van der Waals surface area contributed by atoms with Crippen molar-refractivity contribution in [1.82, 2.24) is 0 Å². The first-order valence-electron chi connectivity index (χ1n) is 17.7. The monoisotopic (exact) mass is 581 g/mol. The molecule has 0 radical (unpaired) electrons. The van der Waals surface area contributed by atoms with Gasteiger partial charge in [-0.3, -0.25) is 9.59 Å². The topological polar surface area (TPSA) is 72.8 Å². The van der Waals surface area contributed by atoms with E-state index in [-0.39, 0.29) is 25.2 Å². The average Bonchev–Trinajstić information content (AvgIpc) is 2.97. The van der Waals surface area contributed by atoms with Crippen LogP contribution in [-0.2, 0) is 19.1 Å². The number of carbonyl (C=O) groups excluding carboxylic acids is 2. The van der Waals surface area contributed by atoms with Crippen molar-refractivity contribution in [1.29, 1.82) is 0 Å². The van der Waals surface area contributed by atoms with Crippen LogP contribution in [-0.4, -0.2) is 36.4 Å². The molecule has 0 aromatic heterocycles. The van der Waals surface area contributed by atoms with Crippen molar-refractivity contribution in [3.05, 3.63) is 12.2 Å². The number of hydrogen-bond acceptors (Lipinski definition) is 5. The zero-order valence-electron chi connectivity index (χ0n) is 27.3. The van der Waals surface area contributed by atoms with Gasteiger partial charge in [0.1, 0.15) is 6.61 Å². The minimum absolute atomic E-state index is 0.0649. The van der Waals surface area contributed by atoms with E-state index < -0.39 is 6.10 Å². The van der Waals surface area contributed by atoms with E-state index in [1.54, 1.807) is 0 Å². The maximum Gasteiger partial charge on any atom is 0.306 e. The highest BCUT2D eigenvalue weighted by molar-refractivity contribution is 5.70.